The third-order valence-electron chi connectivity index (χ3n) is 4.96. The standard InChI is InChI=1S/C23H18N4O6/c1-32-16-7-5-6-14(12-16)26-23(29)18-9-4-3-8-17(18)21(25-26)22(28)24-19-13-15(27(30)31)10-11-20(19)33-2/h3-13H,1-2H3,(H,24,28). The van der Waals surface area contributed by atoms with Crippen molar-refractivity contribution < 1.29 is 19.2 Å². The molecule has 0 aliphatic heterocycles. The van der Waals surface area contributed by atoms with Crippen molar-refractivity contribution in [2.45, 2.75) is 0 Å². The Morgan fingerprint density at radius 1 is 1.00 bits per heavy atom. The molecule has 0 saturated heterocycles. The number of hydrogen-bond donors (Lipinski definition) is 1. The van der Waals surface area contributed by atoms with E-state index in [0.717, 1.165) is 4.68 Å². The van der Waals surface area contributed by atoms with Crippen LogP contribution in [0.5, 0.6) is 11.5 Å². The quantitative estimate of drug-likeness (QED) is 0.354. The molecule has 0 bridgehead atoms. The van der Waals surface area contributed by atoms with Gasteiger partial charge in [-0.25, -0.2) is 0 Å². The number of nitrogens with one attached hydrogen (secondary N) is 1. The van der Waals surface area contributed by atoms with Crippen molar-refractivity contribution in [2.75, 3.05) is 19.5 Å². The predicted molar refractivity (Wildman–Crippen MR) is 121 cm³/mol. The lowest BCUT2D eigenvalue weighted by Crippen LogP contribution is -2.26. The van der Waals surface area contributed by atoms with Crippen molar-refractivity contribution >= 4 is 28.1 Å². The van der Waals surface area contributed by atoms with E-state index in [9.17, 15) is 19.7 Å². The third-order valence-corrected chi connectivity index (χ3v) is 4.96. The predicted octanol–water partition coefficient (Wildman–Crippen LogP) is 3.56. The Bertz CT molecular complexity index is 1450. The molecule has 0 saturated carbocycles. The molecule has 166 valence electrons. The molecule has 1 N–H and O–H groups in total. The lowest BCUT2D eigenvalue weighted by molar-refractivity contribution is -0.384. The van der Waals surface area contributed by atoms with E-state index in [-0.39, 0.29) is 28.2 Å². The summed E-state index contributed by atoms with van der Waals surface area (Å²) in [6.07, 6.45) is 0. The minimum Gasteiger partial charge on any atom is -0.497 e. The highest BCUT2D eigenvalue weighted by Gasteiger charge is 2.20. The van der Waals surface area contributed by atoms with Gasteiger partial charge >= 0.3 is 0 Å². The lowest BCUT2D eigenvalue weighted by atomic mass is 10.1. The number of nitro groups is 1. The van der Waals surface area contributed by atoms with Gasteiger partial charge in [0.25, 0.3) is 17.2 Å². The van der Waals surface area contributed by atoms with Gasteiger partial charge in [0.2, 0.25) is 0 Å². The largest absolute Gasteiger partial charge is 0.497 e. The topological polar surface area (TPSA) is 126 Å². The number of fused-ring (bicyclic) bond motifs is 1. The van der Waals surface area contributed by atoms with Crippen molar-refractivity contribution in [1.29, 1.82) is 0 Å². The van der Waals surface area contributed by atoms with Crippen LogP contribution in [0, 0.1) is 10.1 Å². The Hall–Kier alpha value is -4.73. The third kappa shape index (κ3) is 4.09. The lowest BCUT2D eigenvalue weighted by Gasteiger charge is -2.13. The highest BCUT2D eigenvalue weighted by molar-refractivity contribution is 6.11. The number of benzene rings is 3. The van der Waals surface area contributed by atoms with Gasteiger partial charge in [0.1, 0.15) is 11.5 Å². The highest BCUT2D eigenvalue weighted by Crippen LogP contribution is 2.29. The summed E-state index contributed by atoms with van der Waals surface area (Å²) in [6, 6.07) is 17.1. The van der Waals surface area contributed by atoms with Gasteiger partial charge in [0.05, 0.1) is 35.9 Å². The van der Waals surface area contributed by atoms with Gasteiger partial charge in [-0.1, -0.05) is 24.3 Å². The van der Waals surface area contributed by atoms with Crippen LogP contribution in [-0.2, 0) is 0 Å². The summed E-state index contributed by atoms with van der Waals surface area (Å²) in [5.41, 5.74) is -0.163. The summed E-state index contributed by atoms with van der Waals surface area (Å²) in [5, 5.41) is 18.7. The van der Waals surface area contributed by atoms with Gasteiger partial charge in [-0.05, 0) is 24.3 Å². The first-order valence-electron chi connectivity index (χ1n) is 9.73. The summed E-state index contributed by atoms with van der Waals surface area (Å²) < 4.78 is 11.6. The Morgan fingerprint density at radius 3 is 2.45 bits per heavy atom. The van der Waals surface area contributed by atoms with Crippen LogP contribution < -0.4 is 20.3 Å². The van der Waals surface area contributed by atoms with E-state index in [1.54, 1.807) is 48.5 Å². The Balaban J connectivity index is 1.86. The summed E-state index contributed by atoms with van der Waals surface area (Å²) in [6.45, 7) is 0. The molecular weight excluding hydrogens is 428 g/mol. The van der Waals surface area contributed by atoms with Crippen LogP contribution in [0.25, 0.3) is 16.5 Å². The molecule has 4 aromatic rings. The van der Waals surface area contributed by atoms with Gasteiger partial charge in [0.15, 0.2) is 5.69 Å². The average Bonchev–Trinajstić information content (AvgIpc) is 2.84. The molecule has 0 radical (unpaired) electrons. The molecule has 0 fully saturated rings. The number of aromatic nitrogens is 2. The number of anilines is 1. The van der Waals surface area contributed by atoms with Crippen molar-refractivity contribution in [3.05, 3.63) is 92.9 Å². The molecule has 33 heavy (non-hydrogen) atoms. The second kappa shape index (κ2) is 8.79. The van der Waals surface area contributed by atoms with Crippen LogP contribution in [0.2, 0.25) is 0 Å². The van der Waals surface area contributed by atoms with Crippen molar-refractivity contribution in [3.8, 4) is 17.2 Å². The van der Waals surface area contributed by atoms with Gasteiger partial charge < -0.3 is 14.8 Å². The van der Waals surface area contributed by atoms with E-state index in [1.165, 1.54) is 32.4 Å². The number of amides is 1. The summed E-state index contributed by atoms with van der Waals surface area (Å²) >= 11 is 0. The molecule has 0 atom stereocenters. The van der Waals surface area contributed by atoms with E-state index in [2.05, 4.69) is 10.4 Å². The van der Waals surface area contributed by atoms with Crippen molar-refractivity contribution in [3.63, 3.8) is 0 Å². The molecule has 4 rings (SSSR count). The van der Waals surface area contributed by atoms with Crippen LogP contribution in [0.1, 0.15) is 10.5 Å². The maximum atomic E-state index is 13.3. The number of nitrogens with zero attached hydrogens (tertiary/aromatic N) is 3. The van der Waals surface area contributed by atoms with Gasteiger partial charge in [0, 0.05) is 23.6 Å². The number of carbonyl (C=O) groups excluding carboxylic acids is 1. The van der Waals surface area contributed by atoms with Crippen LogP contribution >= 0.6 is 0 Å². The highest BCUT2D eigenvalue weighted by atomic mass is 16.6. The molecule has 1 amide bonds. The number of ether oxygens (including phenoxy) is 2. The van der Waals surface area contributed by atoms with Crippen molar-refractivity contribution in [1.82, 2.24) is 9.78 Å². The van der Waals surface area contributed by atoms with E-state index in [4.69, 9.17) is 9.47 Å². The van der Waals surface area contributed by atoms with Gasteiger partial charge in [-0.3, -0.25) is 19.7 Å². The summed E-state index contributed by atoms with van der Waals surface area (Å²) in [4.78, 5) is 37.0. The minimum absolute atomic E-state index is 0.0402. The fraction of sp³-hybridized carbons (Fsp3) is 0.0870. The van der Waals surface area contributed by atoms with Gasteiger partial charge in [-0.2, -0.15) is 9.78 Å². The van der Waals surface area contributed by atoms with Crippen molar-refractivity contribution in [2.24, 2.45) is 0 Å². The van der Waals surface area contributed by atoms with Crippen LogP contribution in [0.15, 0.2) is 71.5 Å². The molecular formula is C23H18N4O6. The average molecular weight is 446 g/mol. The first kappa shape index (κ1) is 21.5. The monoisotopic (exact) mass is 446 g/mol. The number of nitro benzene ring substituents is 1. The Kier molecular flexibility index (Phi) is 5.73. The smallest absolute Gasteiger partial charge is 0.279 e. The molecule has 3 aromatic carbocycles. The van der Waals surface area contributed by atoms with E-state index in [1.807, 2.05) is 0 Å². The number of non-ortho nitro benzene ring substituents is 1. The molecule has 0 aliphatic carbocycles. The molecule has 0 unspecified atom stereocenters. The minimum atomic E-state index is -0.665. The second-order valence-electron chi connectivity index (χ2n) is 6.91. The maximum absolute atomic E-state index is 13.3. The first-order chi connectivity index (χ1) is 15.9. The molecule has 1 heterocycles. The molecule has 10 nitrogen and oxygen atoms in total. The maximum Gasteiger partial charge on any atom is 0.279 e. The second-order valence-corrected chi connectivity index (χ2v) is 6.91. The fourth-order valence-corrected chi connectivity index (χ4v) is 3.36. The van der Waals surface area contributed by atoms with E-state index >= 15 is 0 Å². The number of hydrogen-bond acceptors (Lipinski definition) is 7. The SMILES string of the molecule is COc1cccc(-n2nc(C(=O)Nc3cc([N+](=O)[O-])ccc3OC)c3ccccc3c2=O)c1. The number of methoxy groups -OCH3 is 2. The molecule has 1 aromatic heterocycles. The summed E-state index contributed by atoms with van der Waals surface area (Å²) in [7, 11) is 2.88. The number of carbonyl (C=O) groups is 1. The molecule has 10 heteroatoms. The summed E-state index contributed by atoms with van der Waals surface area (Å²) in [5.74, 6) is 0.0858. The first-order valence-corrected chi connectivity index (χ1v) is 9.73. The van der Waals surface area contributed by atoms with Crippen LogP contribution in [0.4, 0.5) is 11.4 Å². The van der Waals surface area contributed by atoms with E-state index in [0.29, 0.717) is 16.8 Å². The fourth-order valence-electron chi connectivity index (χ4n) is 3.36. The van der Waals surface area contributed by atoms with Gasteiger partial charge in [-0.15, -0.1) is 0 Å². The van der Waals surface area contributed by atoms with E-state index < -0.39 is 16.4 Å². The normalized spacial score (nSPS) is 10.6. The Morgan fingerprint density at radius 2 is 1.76 bits per heavy atom. The molecule has 0 spiro atoms. The zero-order valence-corrected chi connectivity index (χ0v) is 17.6. The Labute approximate surface area is 187 Å². The zero-order chi connectivity index (χ0) is 23.5. The zero-order valence-electron chi connectivity index (χ0n) is 17.6. The van der Waals surface area contributed by atoms with Crippen LogP contribution in [-0.4, -0.2) is 34.8 Å². The van der Waals surface area contributed by atoms with Crippen LogP contribution in [0.3, 0.4) is 0 Å². The number of rotatable bonds is 6. The molecule has 0 aliphatic rings.